The lowest BCUT2D eigenvalue weighted by Gasteiger charge is -2.29. The number of nitrogens with one attached hydrogen (secondary N) is 1. The summed E-state index contributed by atoms with van der Waals surface area (Å²) in [5.41, 5.74) is 4.88. The molecule has 0 aromatic carbocycles. The van der Waals surface area contributed by atoms with E-state index < -0.39 is 5.54 Å². The lowest BCUT2D eigenvalue weighted by molar-refractivity contribution is -0.124. The van der Waals surface area contributed by atoms with Crippen molar-refractivity contribution in [1.82, 2.24) is 5.32 Å². The predicted molar refractivity (Wildman–Crippen MR) is 48.6 cm³/mol. The first-order chi connectivity index (χ1) is 5.47. The van der Waals surface area contributed by atoms with Crippen LogP contribution in [0.15, 0.2) is 0 Å². The van der Waals surface area contributed by atoms with Crippen LogP contribution in [0.25, 0.3) is 0 Å². The number of nitrogens with two attached hydrogens (primary N) is 1. The molecule has 1 aliphatic carbocycles. The number of amides is 1. The van der Waals surface area contributed by atoms with Crippen LogP contribution in [0.1, 0.15) is 33.6 Å². The molecule has 12 heavy (non-hydrogen) atoms. The van der Waals surface area contributed by atoms with Crippen molar-refractivity contribution in [3.05, 3.63) is 0 Å². The average Bonchev–Trinajstić information content (AvgIpc) is 2.65. The van der Waals surface area contributed by atoms with Crippen LogP contribution in [0.2, 0.25) is 0 Å². The minimum absolute atomic E-state index is 0.223. The van der Waals surface area contributed by atoms with Crippen molar-refractivity contribution in [2.75, 3.05) is 0 Å². The molecule has 3 N–H and O–H groups in total. The SMILES string of the molecule is CC(C)NC(C)(C(N)=O)C1CC1. The van der Waals surface area contributed by atoms with Gasteiger partial charge in [-0.15, -0.1) is 0 Å². The maximum atomic E-state index is 11.2. The molecule has 0 spiro atoms. The molecule has 1 atom stereocenters. The fourth-order valence-electron chi connectivity index (χ4n) is 1.65. The van der Waals surface area contributed by atoms with Gasteiger partial charge in [0.25, 0.3) is 0 Å². The van der Waals surface area contributed by atoms with Crippen LogP contribution in [0.3, 0.4) is 0 Å². The van der Waals surface area contributed by atoms with Crippen molar-refractivity contribution in [2.45, 2.75) is 45.2 Å². The van der Waals surface area contributed by atoms with Crippen molar-refractivity contribution < 1.29 is 4.79 Å². The summed E-state index contributed by atoms with van der Waals surface area (Å²) in [7, 11) is 0. The van der Waals surface area contributed by atoms with Gasteiger partial charge in [-0.2, -0.15) is 0 Å². The Kier molecular flexibility index (Phi) is 2.42. The fourth-order valence-corrected chi connectivity index (χ4v) is 1.65. The highest BCUT2D eigenvalue weighted by atomic mass is 16.1. The van der Waals surface area contributed by atoms with Crippen molar-refractivity contribution in [1.29, 1.82) is 0 Å². The number of primary amides is 1. The number of hydrogen-bond donors (Lipinski definition) is 2. The third-order valence-corrected chi connectivity index (χ3v) is 2.49. The molecular weight excluding hydrogens is 152 g/mol. The first-order valence-electron chi connectivity index (χ1n) is 4.54. The van der Waals surface area contributed by atoms with Gasteiger partial charge in [0.1, 0.15) is 0 Å². The minimum atomic E-state index is -0.478. The number of hydrogen-bond acceptors (Lipinski definition) is 2. The third-order valence-electron chi connectivity index (χ3n) is 2.49. The molecule has 0 aliphatic heterocycles. The highest BCUT2D eigenvalue weighted by molar-refractivity contribution is 5.85. The largest absolute Gasteiger partial charge is 0.368 e. The summed E-state index contributed by atoms with van der Waals surface area (Å²) in [6.45, 7) is 5.97. The van der Waals surface area contributed by atoms with Crippen LogP contribution < -0.4 is 11.1 Å². The smallest absolute Gasteiger partial charge is 0.237 e. The van der Waals surface area contributed by atoms with E-state index in [4.69, 9.17) is 5.73 Å². The Morgan fingerprint density at radius 3 is 2.33 bits per heavy atom. The number of carbonyl (C=O) groups excluding carboxylic acids is 1. The van der Waals surface area contributed by atoms with Gasteiger partial charge in [0.05, 0.1) is 5.54 Å². The Hall–Kier alpha value is -0.570. The Labute approximate surface area is 73.7 Å². The molecule has 3 heteroatoms. The summed E-state index contributed by atoms with van der Waals surface area (Å²) >= 11 is 0. The van der Waals surface area contributed by atoms with Gasteiger partial charge in [0.2, 0.25) is 5.91 Å². The summed E-state index contributed by atoms with van der Waals surface area (Å²) in [6.07, 6.45) is 2.25. The summed E-state index contributed by atoms with van der Waals surface area (Å²) < 4.78 is 0. The Bertz CT molecular complexity index is 187. The van der Waals surface area contributed by atoms with Gasteiger partial charge in [-0.3, -0.25) is 4.79 Å². The Morgan fingerprint density at radius 2 is 2.08 bits per heavy atom. The van der Waals surface area contributed by atoms with E-state index in [0.29, 0.717) is 12.0 Å². The molecule has 0 bridgehead atoms. The summed E-state index contributed by atoms with van der Waals surface area (Å²) in [6, 6.07) is 0.308. The van der Waals surface area contributed by atoms with Gasteiger partial charge in [0.15, 0.2) is 0 Å². The van der Waals surface area contributed by atoms with Crippen molar-refractivity contribution in [2.24, 2.45) is 11.7 Å². The molecule has 0 radical (unpaired) electrons. The minimum Gasteiger partial charge on any atom is -0.368 e. The van der Waals surface area contributed by atoms with Gasteiger partial charge >= 0.3 is 0 Å². The van der Waals surface area contributed by atoms with E-state index in [2.05, 4.69) is 5.32 Å². The van der Waals surface area contributed by atoms with Gasteiger partial charge in [0, 0.05) is 6.04 Å². The summed E-state index contributed by atoms with van der Waals surface area (Å²) in [4.78, 5) is 11.2. The zero-order chi connectivity index (χ0) is 9.35. The third kappa shape index (κ3) is 1.78. The molecule has 1 unspecified atom stereocenters. The van der Waals surface area contributed by atoms with E-state index in [1.165, 1.54) is 0 Å². The average molecular weight is 170 g/mol. The van der Waals surface area contributed by atoms with Gasteiger partial charge in [-0.05, 0) is 39.5 Å². The Morgan fingerprint density at radius 1 is 1.58 bits per heavy atom. The van der Waals surface area contributed by atoms with Crippen LogP contribution in [0.4, 0.5) is 0 Å². The molecular formula is C9H18N2O. The van der Waals surface area contributed by atoms with Gasteiger partial charge < -0.3 is 11.1 Å². The van der Waals surface area contributed by atoms with Crippen LogP contribution in [0.5, 0.6) is 0 Å². The Balaban J connectivity index is 2.64. The lowest BCUT2D eigenvalue weighted by atomic mass is 9.94. The topological polar surface area (TPSA) is 55.1 Å². The molecule has 0 aromatic heterocycles. The zero-order valence-electron chi connectivity index (χ0n) is 8.05. The highest BCUT2D eigenvalue weighted by Crippen LogP contribution is 2.39. The van der Waals surface area contributed by atoms with Gasteiger partial charge in [-0.1, -0.05) is 0 Å². The van der Waals surface area contributed by atoms with E-state index in [0.717, 1.165) is 12.8 Å². The van der Waals surface area contributed by atoms with E-state index in [1.54, 1.807) is 0 Å². The number of rotatable bonds is 4. The molecule has 1 rings (SSSR count). The van der Waals surface area contributed by atoms with Crippen molar-refractivity contribution in [3.8, 4) is 0 Å². The molecule has 1 saturated carbocycles. The zero-order valence-corrected chi connectivity index (χ0v) is 8.05. The maximum absolute atomic E-state index is 11.2. The van der Waals surface area contributed by atoms with Crippen molar-refractivity contribution in [3.63, 3.8) is 0 Å². The molecule has 3 nitrogen and oxygen atoms in total. The normalized spacial score (nSPS) is 22.3. The quantitative estimate of drug-likeness (QED) is 0.650. The first-order valence-corrected chi connectivity index (χ1v) is 4.54. The maximum Gasteiger partial charge on any atom is 0.237 e. The second-order valence-corrected chi connectivity index (χ2v) is 4.14. The van der Waals surface area contributed by atoms with Crippen LogP contribution in [-0.4, -0.2) is 17.5 Å². The number of carbonyl (C=O) groups is 1. The highest BCUT2D eigenvalue weighted by Gasteiger charge is 2.45. The van der Waals surface area contributed by atoms with Gasteiger partial charge in [-0.25, -0.2) is 0 Å². The standard InChI is InChI=1S/C9H18N2O/c1-6(2)11-9(3,8(10)12)7-4-5-7/h6-7,11H,4-5H2,1-3H3,(H2,10,12). The summed E-state index contributed by atoms with van der Waals surface area (Å²) in [5, 5.41) is 3.24. The first kappa shape index (κ1) is 9.52. The fraction of sp³-hybridized carbons (Fsp3) is 0.889. The molecule has 0 heterocycles. The molecule has 70 valence electrons. The molecule has 1 aliphatic rings. The van der Waals surface area contributed by atoms with Crippen LogP contribution in [0, 0.1) is 5.92 Å². The second-order valence-electron chi connectivity index (χ2n) is 4.14. The van der Waals surface area contributed by atoms with E-state index in [1.807, 2.05) is 20.8 Å². The molecule has 0 saturated heterocycles. The molecule has 1 fully saturated rings. The van der Waals surface area contributed by atoms with E-state index in [9.17, 15) is 4.79 Å². The second kappa shape index (κ2) is 3.05. The lowest BCUT2D eigenvalue weighted by Crippen LogP contribution is -2.57. The van der Waals surface area contributed by atoms with E-state index in [-0.39, 0.29) is 5.91 Å². The van der Waals surface area contributed by atoms with Crippen molar-refractivity contribution >= 4 is 5.91 Å². The van der Waals surface area contributed by atoms with Crippen LogP contribution in [-0.2, 0) is 4.79 Å². The molecule has 0 aromatic rings. The van der Waals surface area contributed by atoms with E-state index >= 15 is 0 Å². The van der Waals surface area contributed by atoms with Crippen LogP contribution >= 0.6 is 0 Å². The monoisotopic (exact) mass is 170 g/mol. The summed E-state index contributed by atoms with van der Waals surface area (Å²) in [5.74, 6) is 0.233. The predicted octanol–water partition coefficient (Wildman–Crippen LogP) is 0.638. The molecule has 1 amide bonds.